The lowest BCUT2D eigenvalue weighted by molar-refractivity contribution is 0.0809. The largest absolute Gasteiger partial charge is 0.293 e. The lowest BCUT2D eigenvalue weighted by Crippen LogP contribution is -2.24. The van der Waals surface area contributed by atoms with Gasteiger partial charge in [0.25, 0.3) is 0 Å². The van der Waals surface area contributed by atoms with Crippen LogP contribution in [0.15, 0.2) is 97.1 Å². The van der Waals surface area contributed by atoms with Gasteiger partial charge in [-0.15, -0.1) is 0 Å². The van der Waals surface area contributed by atoms with Gasteiger partial charge in [0.15, 0.2) is 11.6 Å². The van der Waals surface area contributed by atoms with E-state index in [1.165, 1.54) is 0 Å². The third kappa shape index (κ3) is 4.42. The first kappa shape index (κ1) is 17.6. The van der Waals surface area contributed by atoms with Crippen LogP contribution in [0.2, 0.25) is 0 Å². The summed E-state index contributed by atoms with van der Waals surface area (Å²) in [6.45, 7) is 0. The lowest BCUT2D eigenvalue weighted by atomic mass is 9.87. The van der Waals surface area contributed by atoms with Crippen LogP contribution in [0.3, 0.4) is 0 Å². The minimum absolute atomic E-state index is 0.142. The molecule has 0 unspecified atom stereocenters. The van der Waals surface area contributed by atoms with Gasteiger partial charge in [0.2, 0.25) is 0 Å². The van der Waals surface area contributed by atoms with Crippen molar-refractivity contribution in [1.82, 2.24) is 0 Å². The lowest BCUT2D eigenvalue weighted by Gasteiger charge is -2.13. The Labute approximate surface area is 153 Å². The predicted molar refractivity (Wildman–Crippen MR) is 105 cm³/mol. The molecule has 0 bridgehead atoms. The van der Waals surface area contributed by atoms with Crippen LogP contribution < -0.4 is 0 Å². The summed E-state index contributed by atoms with van der Waals surface area (Å²) >= 11 is 0. The summed E-state index contributed by atoms with van der Waals surface area (Å²) in [5.41, 5.74) is 2.18. The number of benzene rings is 3. The molecule has 0 aliphatic rings. The SMILES string of the molecule is O=C(c1ccccc1)C(C/C=C/c1ccccc1)C(=O)c1ccccc1. The third-order valence-corrected chi connectivity index (χ3v) is 4.23. The van der Waals surface area contributed by atoms with E-state index in [0.29, 0.717) is 17.5 Å². The van der Waals surface area contributed by atoms with Gasteiger partial charge in [-0.25, -0.2) is 0 Å². The Bertz CT molecular complexity index is 830. The zero-order chi connectivity index (χ0) is 18.2. The van der Waals surface area contributed by atoms with Crippen molar-refractivity contribution in [1.29, 1.82) is 0 Å². The molecule has 2 heteroatoms. The Kier molecular flexibility index (Phi) is 5.89. The van der Waals surface area contributed by atoms with Crippen LogP contribution in [0, 0.1) is 5.92 Å². The molecule has 0 aliphatic heterocycles. The monoisotopic (exact) mass is 340 g/mol. The molecule has 0 N–H and O–H groups in total. The van der Waals surface area contributed by atoms with Crippen molar-refractivity contribution in [2.24, 2.45) is 5.92 Å². The molecule has 0 aromatic heterocycles. The number of rotatable bonds is 7. The number of hydrogen-bond acceptors (Lipinski definition) is 2. The number of ketones is 2. The van der Waals surface area contributed by atoms with Crippen molar-refractivity contribution in [2.75, 3.05) is 0 Å². The number of Topliss-reactive ketones (excluding diaryl/α,β-unsaturated/α-hetero) is 2. The second kappa shape index (κ2) is 8.72. The molecule has 2 nitrogen and oxygen atoms in total. The van der Waals surface area contributed by atoms with E-state index >= 15 is 0 Å². The molecule has 0 saturated heterocycles. The number of carbonyl (C=O) groups is 2. The molecule has 26 heavy (non-hydrogen) atoms. The maximum atomic E-state index is 12.9. The molecular formula is C24H20O2. The second-order valence-electron chi connectivity index (χ2n) is 6.06. The molecular weight excluding hydrogens is 320 g/mol. The second-order valence-corrected chi connectivity index (χ2v) is 6.06. The van der Waals surface area contributed by atoms with Crippen LogP contribution in [0.5, 0.6) is 0 Å². The maximum absolute atomic E-state index is 12.9. The van der Waals surface area contributed by atoms with E-state index < -0.39 is 5.92 Å². The highest BCUT2D eigenvalue weighted by Crippen LogP contribution is 2.20. The molecule has 0 heterocycles. The average Bonchev–Trinajstić information content (AvgIpc) is 2.72. The van der Waals surface area contributed by atoms with Gasteiger partial charge in [0.05, 0.1) is 5.92 Å². The van der Waals surface area contributed by atoms with Crippen LogP contribution in [0.1, 0.15) is 32.7 Å². The first-order valence-electron chi connectivity index (χ1n) is 8.66. The Balaban J connectivity index is 1.85. The van der Waals surface area contributed by atoms with Gasteiger partial charge in [-0.05, 0) is 12.0 Å². The summed E-state index contributed by atoms with van der Waals surface area (Å²) in [6.07, 6.45) is 4.22. The standard InChI is InChI=1S/C24H20O2/c25-23(20-14-6-2-7-15-20)22(24(26)21-16-8-3-9-17-21)18-10-13-19-11-4-1-5-12-19/h1-17,22H,18H2/b13-10+. The van der Waals surface area contributed by atoms with E-state index in [-0.39, 0.29) is 11.6 Å². The summed E-state index contributed by atoms with van der Waals surface area (Å²) in [7, 11) is 0. The summed E-state index contributed by atoms with van der Waals surface area (Å²) in [5.74, 6) is -1.01. The van der Waals surface area contributed by atoms with Gasteiger partial charge in [0.1, 0.15) is 0 Å². The minimum Gasteiger partial charge on any atom is -0.293 e. The molecule has 0 amide bonds. The van der Waals surface area contributed by atoms with Crippen LogP contribution in [-0.4, -0.2) is 11.6 Å². The van der Waals surface area contributed by atoms with Gasteiger partial charge in [-0.1, -0.05) is 103 Å². The van der Waals surface area contributed by atoms with Crippen molar-refractivity contribution in [3.63, 3.8) is 0 Å². The molecule has 128 valence electrons. The number of carbonyl (C=O) groups excluding carboxylic acids is 2. The van der Waals surface area contributed by atoms with E-state index in [2.05, 4.69) is 0 Å². The van der Waals surface area contributed by atoms with E-state index in [0.717, 1.165) is 5.56 Å². The Hall–Kier alpha value is -3.26. The van der Waals surface area contributed by atoms with Gasteiger partial charge in [-0.2, -0.15) is 0 Å². The molecule has 3 aromatic carbocycles. The van der Waals surface area contributed by atoms with E-state index in [1.54, 1.807) is 24.3 Å². The van der Waals surface area contributed by atoms with Crippen molar-refractivity contribution >= 4 is 17.6 Å². The van der Waals surface area contributed by atoms with Gasteiger partial charge in [0, 0.05) is 11.1 Å². The average molecular weight is 340 g/mol. The first-order valence-corrected chi connectivity index (χ1v) is 8.66. The Morgan fingerprint density at radius 1 is 0.654 bits per heavy atom. The highest BCUT2D eigenvalue weighted by molar-refractivity contribution is 6.16. The first-order chi connectivity index (χ1) is 12.8. The van der Waals surface area contributed by atoms with Crippen molar-refractivity contribution < 1.29 is 9.59 Å². The number of allylic oxidation sites excluding steroid dienone is 1. The minimum atomic E-state index is -0.722. The van der Waals surface area contributed by atoms with Gasteiger partial charge >= 0.3 is 0 Å². The quantitative estimate of drug-likeness (QED) is 0.422. The van der Waals surface area contributed by atoms with Crippen molar-refractivity contribution in [3.8, 4) is 0 Å². The highest BCUT2D eigenvalue weighted by atomic mass is 16.1. The molecule has 0 atom stereocenters. The highest BCUT2D eigenvalue weighted by Gasteiger charge is 2.27. The third-order valence-electron chi connectivity index (χ3n) is 4.23. The summed E-state index contributed by atoms with van der Waals surface area (Å²) in [5, 5.41) is 0. The smallest absolute Gasteiger partial charge is 0.174 e. The zero-order valence-electron chi connectivity index (χ0n) is 14.4. The van der Waals surface area contributed by atoms with Crippen LogP contribution in [-0.2, 0) is 0 Å². The predicted octanol–water partition coefficient (Wildman–Crippen LogP) is 5.47. The van der Waals surface area contributed by atoms with E-state index in [4.69, 9.17) is 0 Å². The molecule has 0 aliphatic carbocycles. The van der Waals surface area contributed by atoms with Crippen LogP contribution in [0.25, 0.3) is 6.08 Å². The van der Waals surface area contributed by atoms with Crippen LogP contribution in [0.4, 0.5) is 0 Å². The van der Waals surface area contributed by atoms with Crippen LogP contribution >= 0.6 is 0 Å². The molecule has 0 radical (unpaired) electrons. The van der Waals surface area contributed by atoms with E-state index in [9.17, 15) is 9.59 Å². The summed E-state index contributed by atoms with van der Waals surface area (Å²) < 4.78 is 0. The number of hydrogen-bond donors (Lipinski definition) is 0. The van der Waals surface area contributed by atoms with Crippen molar-refractivity contribution in [2.45, 2.75) is 6.42 Å². The normalized spacial score (nSPS) is 11.0. The topological polar surface area (TPSA) is 34.1 Å². The fourth-order valence-corrected chi connectivity index (χ4v) is 2.84. The molecule has 3 rings (SSSR count). The maximum Gasteiger partial charge on any atom is 0.174 e. The van der Waals surface area contributed by atoms with Gasteiger partial charge in [-0.3, -0.25) is 9.59 Å². The zero-order valence-corrected chi connectivity index (χ0v) is 14.4. The molecule has 3 aromatic rings. The van der Waals surface area contributed by atoms with Gasteiger partial charge < -0.3 is 0 Å². The fourth-order valence-electron chi connectivity index (χ4n) is 2.84. The van der Waals surface area contributed by atoms with Crippen molar-refractivity contribution in [3.05, 3.63) is 114 Å². The Morgan fingerprint density at radius 3 is 1.54 bits per heavy atom. The summed E-state index contributed by atoms with van der Waals surface area (Å²) in [6, 6.07) is 27.9. The fraction of sp³-hybridized carbons (Fsp3) is 0.0833. The molecule has 0 fully saturated rings. The molecule has 0 spiro atoms. The molecule has 0 saturated carbocycles. The summed E-state index contributed by atoms with van der Waals surface area (Å²) in [4.78, 5) is 25.9. The van der Waals surface area contributed by atoms with E-state index in [1.807, 2.05) is 78.9 Å². The Morgan fingerprint density at radius 2 is 1.08 bits per heavy atom.